The van der Waals surface area contributed by atoms with E-state index >= 15 is 0 Å². The van der Waals surface area contributed by atoms with E-state index in [2.05, 4.69) is 44.1 Å². The number of anilines is 4. The zero-order chi connectivity index (χ0) is 19.8. The maximum absolute atomic E-state index is 13.2. The number of nitrogens with zero attached hydrogens (tertiary/aromatic N) is 6. The fourth-order valence-corrected chi connectivity index (χ4v) is 4.78. The van der Waals surface area contributed by atoms with Gasteiger partial charge in [-0.2, -0.15) is 0 Å². The first-order valence-corrected chi connectivity index (χ1v) is 10.6. The van der Waals surface area contributed by atoms with Crippen LogP contribution in [0.4, 0.5) is 27.9 Å². The number of fused-ring (bicyclic) bond motifs is 4. The molecule has 2 saturated heterocycles. The largest absolute Gasteiger partial charge is 0.366 e. The Morgan fingerprint density at radius 1 is 1.10 bits per heavy atom. The van der Waals surface area contributed by atoms with E-state index in [9.17, 15) is 4.79 Å². The lowest BCUT2D eigenvalue weighted by Crippen LogP contribution is -2.56. The summed E-state index contributed by atoms with van der Waals surface area (Å²) in [7, 11) is 0. The van der Waals surface area contributed by atoms with Crippen molar-refractivity contribution in [1.29, 1.82) is 0 Å². The molecule has 2 amide bonds. The molecule has 2 fully saturated rings. The highest BCUT2D eigenvalue weighted by molar-refractivity contribution is 6.04. The number of amides is 2. The van der Waals surface area contributed by atoms with Gasteiger partial charge in [-0.3, -0.25) is 15.2 Å². The first-order valence-electron chi connectivity index (χ1n) is 10.6. The number of hydrogen-bond donors (Lipinski definition) is 1. The summed E-state index contributed by atoms with van der Waals surface area (Å²) in [6.07, 6.45) is 9.25. The minimum absolute atomic E-state index is 0.121. The van der Waals surface area contributed by atoms with Crippen molar-refractivity contribution in [3.05, 3.63) is 30.7 Å². The lowest BCUT2D eigenvalue weighted by Gasteiger charge is -2.46. The summed E-state index contributed by atoms with van der Waals surface area (Å²) in [5, 5.41) is 2.90. The van der Waals surface area contributed by atoms with Crippen LogP contribution in [0, 0.1) is 5.92 Å². The van der Waals surface area contributed by atoms with E-state index in [-0.39, 0.29) is 12.1 Å². The van der Waals surface area contributed by atoms with E-state index in [0.717, 1.165) is 56.3 Å². The van der Waals surface area contributed by atoms with Crippen molar-refractivity contribution in [2.24, 2.45) is 5.92 Å². The highest BCUT2D eigenvalue weighted by Gasteiger charge is 2.38. The third kappa shape index (κ3) is 3.47. The average molecular weight is 393 g/mol. The molecule has 0 saturated carbocycles. The van der Waals surface area contributed by atoms with Gasteiger partial charge in [-0.15, -0.1) is 0 Å². The number of urea groups is 1. The third-order valence-corrected chi connectivity index (χ3v) is 6.17. The predicted octanol–water partition coefficient (Wildman–Crippen LogP) is 3.13. The lowest BCUT2D eigenvalue weighted by atomic mass is 9.99. The Bertz CT molecular complexity index is 890. The van der Waals surface area contributed by atoms with Gasteiger partial charge in [0.25, 0.3) is 0 Å². The maximum atomic E-state index is 13.2. The summed E-state index contributed by atoms with van der Waals surface area (Å²) in [4.78, 5) is 33.1. The van der Waals surface area contributed by atoms with Crippen LogP contribution in [-0.4, -0.2) is 53.2 Å². The van der Waals surface area contributed by atoms with Crippen molar-refractivity contribution >= 4 is 29.2 Å². The SMILES string of the molecule is CC1CCCN(c2ccc3c(n2)N(C(=O)Nc2cnccn2)[C@H]2CCCN3C2)C1. The second-order valence-corrected chi connectivity index (χ2v) is 8.34. The number of pyridine rings is 1. The highest BCUT2D eigenvalue weighted by Crippen LogP contribution is 2.39. The molecule has 1 N–H and O–H groups in total. The maximum Gasteiger partial charge on any atom is 0.329 e. The van der Waals surface area contributed by atoms with Gasteiger partial charge in [-0.25, -0.2) is 14.8 Å². The molecule has 2 aromatic rings. The van der Waals surface area contributed by atoms with Crippen LogP contribution in [0.1, 0.15) is 32.6 Å². The van der Waals surface area contributed by atoms with Gasteiger partial charge in [0.2, 0.25) is 0 Å². The second kappa shape index (κ2) is 7.50. The molecule has 2 atom stereocenters. The first kappa shape index (κ1) is 18.1. The smallest absolute Gasteiger partial charge is 0.329 e. The van der Waals surface area contributed by atoms with Crippen LogP contribution in [-0.2, 0) is 0 Å². The molecule has 8 heteroatoms. The highest BCUT2D eigenvalue weighted by atomic mass is 16.2. The van der Waals surface area contributed by atoms with Crippen molar-refractivity contribution in [1.82, 2.24) is 15.0 Å². The van der Waals surface area contributed by atoms with E-state index in [1.165, 1.54) is 12.8 Å². The summed E-state index contributed by atoms with van der Waals surface area (Å²) in [5.74, 6) is 2.85. The number of carbonyl (C=O) groups is 1. The number of piperidine rings is 2. The Labute approximate surface area is 171 Å². The number of carbonyl (C=O) groups excluding carboxylic acids is 1. The van der Waals surface area contributed by atoms with Crippen molar-refractivity contribution in [2.75, 3.05) is 46.2 Å². The molecular weight excluding hydrogens is 366 g/mol. The van der Waals surface area contributed by atoms with E-state index in [4.69, 9.17) is 4.98 Å². The van der Waals surface area contributed by atoms with Crippen molar-refractivity contribution in [2.45, 2.75) is 38.6 Å². The molecule has 152 valence electrons. The minimum atomic E-state index is -0.185. The van der Waals surface area contributed by atoms with E-state index in [0.29, 0.717) is 11.7 Å². The molecule has 1 unspecified atom stereocenters. The van der Waals surface area contributed by atoms with Gasteiger partial charge in [-0.05, 0) is 43.7 Å². The minimum Gasteiger partial charge on any atom is -0.366 e. The van der Waals surface area contributed by atoms with Crippen molar-refractivity contribution in [3.8, 4) is 0 Å². The normalized spacial score (nSPS) is 23.6. The standard InChI is InChI=1S/C21H27N7O/c1-15-4-2-11-27(13-15)19-7-6-17-20(25-19)28(16-5-3-10-26(17)14-16)21(29)24-18-12-22-8-9-23-18/h6-9,12,15-16H,2-5,10-11,13-14H2,1H3,(H,23,24,29)/t15?,16-/m0/s1. The Kier molecular flexibility index (Phi) is 4.69. The fourth-order valence-electron chi connectivity index (χ4n) is 4.78. The van der Waals surface area contributed by atoms with Gasteiger partial charge in [0.05, 0.1) is 17.9 Å². The molecule has 3 aliphatic rings. The van der Waals surface area contributed by atoms with Gasteiger partial charge in [-0.1, -0.05) is 6.92 Å². The molecule has 5 heterocycles. The number of nitrogens with one attached hydrogen (secondary N) is 1. The molecule has 0 radical (unpaired) electrons. The van der Waals surface area contributed by atoms with Gasteiger partial charge in [0.1, 0.15) is 5.82 Å². The molecule has 5 rings (SSSR count). The van der Waals surface area contributed by atoms with Gasteiger partial charge < -0.3 is 9.80 Å². The Morgan fingerprint density at radius 3 is 2.79 bits per heavy atom. The molecule has 29 heavy (non-hydrogen) atoms. The summed E-state index contributed by atoms with van der Waals surface area (Å²) in [5.41, 5.74) is 1.05. The molecule has 3 aliphatic heterocycles. The molecule has 0 spiro atoms. The Hall–Kier alpha value is -2.90. The van der Waals surface area contributed by atoms with Crippen molar-refractivity contribution in [3.63, 3.8) is 0 Å². The first-order chi connectivity index (χ1) is 14.2. The van der Waals surface area contributed by atoms with Crippen LogP contribution in [0.5, 0.6) is 0 Å². The molecule has 0 aromatic carbocycles. The molecule has 0 aliphatic carbocycles. The van der Waals surface area contributed by atoms with Gasteiger partial charge >= 0.3 is 6.03 Å². The van der Waals surface area contributed by atoms with E-state index < -0.39 is 0 Å². The number of hydrogen-bond acceptors (Lipinski definition) is 6. The summed E-state index contributed by atoms with van der Waals surface area (Å²) < 4.78 is 0. The number of rotatable bonds is 2. The van der Waals surface area contributed by atoms with E-state index in [1.54, 1.807) is 18.6 Å². The zero-order valence-corrected chi connectivity index (χ0v) is 16.8. The van der Waals surface area contributed by atoms with E-state index in [1.807, 2.05) is 4.90 Å². The van der Waals surface area contributed by atoms with Gasteiger partial charge in [0, 0.05) is 38.6 Å². The van der Waals surface area contributed by atoms with Crippen LogP contribution in [0.15, 0.2) is 30.7 Å². The second-order valence-electron chi connectivity index (χ2n) is 8.34. The van der Waals surface area contributed by atoms with Gasteiger partial charge in [0.15, 0.2) is 11.6 Å². The molecular formula is C21H27N7O. The van der Waals surface area contributed by atoms with Crippen LogP contribution < -0.4 is 20.0 Å². The average Bonchev–Trinajstić information content (AvgIpc) is 2.74. The topological polar surface area (TPSA) is 77.5 Å². The summed E-state index contributed by atoms with van der Waals surface area (Å²) >= 11 is 0. The molecule has 8 nitrogen and oxygen atoms in total. The van der Waals surface area contributed by atoms with Crippen LogP contribution >= 0.6 is 0 Å². The monoisotopic (exact) mass is 393 g/mol. The van der Waals surface area contributed by atoms with Crippen LogP contribution in [0.25, 0.3) is 0 Å². The summed E-state index contributed by atoms with van der Waals surface area (Å²) in [6, 6.07) is 4.19. The fraction of sp³-hybridized carbons (Fsp3) is 0.524. The van der Waals surface area contributed by atoms with Crippen molar-refractivity contribution < 1.29 is 4.79 Å². The number of aromatic nitrogens is 3. The third-order valence-electron chi connectivity index (χ3n) is 6.17. The molecule has 2 bridgehead atoms. The lowest BCUT2D eigenvalue weighted by molar-refractivity contribution is 0.252. The van der Waals surface area contributed by atoms with Crippen LogP contribution in [0.2, 0.25) is 0 Å². The summed E-state index contributed by atoms with van der Waals surface area (Å²) in [6.45, 7) is 6.20. The predicted molar refractivity (Wildman–Crippen MR) is 114 cm³/mol. The Balaban J connectivity index is 1.49. The zero-order valence-electron chi connectivity index (χ0n) is 16.8. The molecule has 2 aromatic heterocycles. The Morgan fingerprint density at radius 2 is 1.97 bits per heavy atom. The quantitative estimate of drug-likeness (QED) is 0.845. The van der Waals surface area contributed by atoms with Crippen LogP contribution in [0.3, 0.4) is 0 Å².